The first-order valence-electron chi connectivity index (χ1n) is 8.54. The van der Waals surface area contributed by atoms with Gasteiger partial charge in [-0.25, -0.2) is 12.8 Å². The minimum atomic E-state index is -3.51. The number of hydrogen-bond donors (Lipinski definition) is 1. The molecule has 2 aromatic rings. The largest absolute Gasteiger partial charge is 0.352 e. The molecule has 1 N–H and O–H groups in total. The second-order valence-electron chi connectivity index (χ2n) is 6.34. The van der Waals surface area contributed by atoms with Gasteiger partial charge in [-0.15, -0.1) is 0 Å². The van der Waals surface area contributed by atoms with Crippen LogP contribution in [0.3, 0.4) is 0 Å². The van der Waals surface area contributed by atoms with E-state index in [0.717, 1.165) is 0 Å². The van der Waals surface area contributed by atoms with E-state index in [-0.39, 0.29) is 29.1 Å². The fraction of sp³-hybridized carbons (Fsp3) is 0.316. The highest BCUT2D eigenvalue weighted by atomic mass is 32.2. The van der Waals surface area contributed by atoms with Crippen LogP contribution >= 0.6 is 0 Å². The second-order valence-corrected chi connectivity index (χ2v) is 8.28. The summed E-state index contributed by atoms with van der Waals surface area (Å²) in [5.41, 5.74) is 0.697. The van der Waals surface area contributed by atoms with E-state index in [1.807, 2.05) is 0 Å². The minimum Gasteiger partial charge on any atom is -0.352 e. The normalized spacial score (nSPS) is 16.3. The number of nitrogens with one attached hydrogen (secondary N) is 1. The molecule has 0 bridgehead atoms. The van der Waals surface area contributed by atoms with Crippen molar-refractivity contribution in [3.05, 3.63) is 66.0 Å². The number of carbonyl (C=O) groups excluding carboxylic acids is 1. The maximum atomic E-state index is 13.2. The van der Waals surface area contributed by atoms with Gasteiger partial charge in [-0.2, -0.15) is 4.31 Å². The summed E-state index contributed by atoms with van der Waals surface area (Å²) in [5.74, 6) is -0.687. The Kier molecular flexibility index (Phi) is 5.68. The highest BCUT2D eigenvalue weighted by Gasteiger charge is 2.31. The lowest BCUT2D eigenvalue weighted by Crippen LogP contribution is -2.42. The third-order valence-electron chi connectivity index (χ3n) is 4.56. The molecule has 0 aromatic heterocycles. The maximum Gasteiger partial charge on any atom is 0.243 e. The molecule has 0 unspecified atom stereocenters. The van der Waals surface area contributed by atoms with Crippen LogP contribution in [0, 0.1) is 11.7 Å². The zero-order chi connectivity index (χ0) is 18.6. The Hall–Kier alpha value is -2.25. The van der Waals surface area contributed by atoms with Gasteiger partial charge in [0.2, 0.25) is 15.9 Å². The van der Waals surface area contributed by atoms with E-state index < -0.39 is 10.0 Å². The molecule has 0 spiro atoms. The van der Waals surface area contributed by atoms with Crippen molar-refractivity contribution in [1.29, 1.82) is 0 Å². The van der Waals surface area contributed by atoms with Crippen LogP contribution in [0.4, 0.5) is 4.39 Å². The zero-order valence-corrected chi connectivity index (χ0v) is 15.1. The van der Waals surface area contributed by atoms with Gasteiger partial charge in [-0.05, 0) is 42.7 Å². The van der Waals surface area contributed by atoms with Gasteiger partial charge < -0.3 is 5.32 Å². The Balaban J connectivity index is 1.54. The molecule has 0 saturated carbocycles. The van der Waals surface area contributed by atoms with Crippen LogP contribution in [0.2, 0.25) is 0 Å². The van der Waals surface area contributed by atoms with Crippen molar-refractivity contribution < 1.29 is 17.6 Å². The molecule has 0 atom stereocenters. The number of hydrogen-bond acceptors (Lipinski definition) is 3. The summed E-state index contributed by atoms with van der Waals surface area (Å²) >= 11 is 0. The quantitative estimate of drug-likeness (QED) is 0.872. The number of halogens is 1. The van der Waals surface area contributed by atoms with Crippen LogP contribution in [0.25, 0.3) is 0 Å². The average Bonchev–Trinajstić information content (AvgIpc) is 2.67. The summed E-state index contributed by atoms with van der Waals surface area (Å²) < 4.78 is 39.8. The summed E-state index contributed by atoms with van der Waals surface area (Å²) in [6.07, 6.45) is 0.947. The van der Waals surface area contributed by atoms with Gasteiger partial charge in [0, 0.05) is 25.6 Å². The topological polar surface area (TPSA) is 66.5 Å². The van der Waals surface area contributed by atoms with Crippen LogP contribution in [0.15, 0.2) is 59.5 Å². The van der Waals surface area contributed by atoms with Crippen LogP contribution < -0.4 is 5.32 Å². The Morgan fingerprint density at radius 3 is 2.42 bits per heavy atom. The number of benzene rings is 2. The Labute approximate surface area is 152 Å². The van der Waals surface area contributed by atoms with E-state index >= 15 is 0 Å². The Morgan fingerprint density at radius 1 is 1.08 bits per heavy atom. The Morgan fingerprint density at radius 2 is 1.77 bits per heavy atom. The molecule has 1 heterocycles. The zero-order valence-electron chi connectivity index (χ0n) is 14.3. The van der Waals surface area contributed by atoms with Crippen molar-refractivity contribution >= 4 is 15.9 Å². The molecular weight excluding hydrogens is 355 g/mol. The smallest absolute Gasteiger partial charge is 0.243 e. The fourth-order valence-electron chi connectivity index (χ4n) is 3.08. The first kappa shape index (κ1) is 18.5. The van der Waals surface area contributed by atoms with E-state index in [9.17, 15) is 17.6 Å². The molecule has 26 heavy (non-hydrogen) atoms. The van der Waals surface area contributed by atoms with Crippen molar-refractivity contribution in [1.82, 2.24) is 9.62 Å². The van der Waals surface area contributed by atoms with Gasteiger partial charge in [0.1, 0.15) is 5.82 Å². The number of rotatable bonds is 5. The van der Waals surface area contributed by atoms with Crippen molar-refractivity contribution in [3.8, 4) is 0 Å². The monoisotopic (exact) mass is 376 g/mol. The van der Waals surface area contributed by atoms with Gasteiger partial charge in [0.15, 0.2) is 0 Å². The van der Waals surface area contributed by atoms with Crippen molar-refractivity contribution in [2.75, 3.05) is 13.1 Å². The van der Waals surface area contributed by atoms with Crippen LogP contribution in [-0.2, 0) is 21.4 Å². The lowest BCUT2D eigenvalue weighted by molar-refractivity contribution is -0.126. The van der Waals surface area contributed by atoms with Crippen LogP contribution in [0.5, 0.6) is 0 Å². The molecule has 1 aliphatic heterocycles. The third-order valence-corrected chi connectivity index (χ3v) is 6.47. The molecule has 1 saturated heterocycles. The first-order chi connectivity index (χ1) is 12.5. The predicted octanol–water partition coefficient (Wildman–Crippen LogP) is 2.54. The van der Waals surface area contributed by atoms with Crippen LogP contribution in [-0.4, -0.2) is 31.7 Å². The molecular formula is C19H21FN2O3S. The first-order valence-corrected chi connectivity index (χ1v) is 9.98. The minimum absolute atomic E-state index is 0.119. The van der Waals surface area contributed by atoms with E-state index in [2.05, 4.69) is 5.32 Å². The summed E-state index contributed by atoms with van der Waals surface area (Å²) in [6, 6.07) is 14.4. The SMILES string of the molecule is O=C(NCc1cccc(F)c1)C1CCN(S(=O)(=O)c2ccccc2)CC1. The lowest BCUT2D eigenvalue weighted by Gasteiger charge is -2.30. The van der Waals surface area contributed by atoms with E-state index in [4.69, 9.17) is 0 Å². The van der Waals surface area contributed by atoms with E-state index in [1.54, 1.807) is 42.5 Å². The Bertz CT molecular complexity index is 863. The molecule has 3 rings (SSSR count). The maximum absolute atomic E-state index is 13.2. The summed E-state index contributed by atoms with van der Waals surface area (Å²) in [4.78, 5) is 12.6. The standard InChI is InChI=1S/C19H21FN2O3S/c20-17-6-4-5-15(13-17)14-21-19(23)16-9-11-22(12-10-16)26(24,25)18-7-2-1-3-8-18/h1-8,13,16H,9-12,14H2,(H,21,23). The molecule has 138 valence electrons. The number of carbonyl (C=O) groups is 1. The van der Waals surface area contributed by atoms with E-state index in [1.165, 1.54) is 16.4 Å². The van der Waals surface area contributed by atoms with Gasteiger partial charge in [0.05, 0.1) is 4.90 Å². The van der Waals surface area contributed by atoms with Crippen LogP contribution in [0.1, 0.15) is 18.4 Å². The third kappa shape index (κ3) is 4.28. The second kappa shape index (κ2) is 7.97. The van der Waals surface area contributed by atoms with Crippen molar-refractivity contribution in [2.24, 2.45) is 5.92 Å². The average molecular weight is 376 g/mol. The molecule has 1 fully saturated rings. The molecule has 5 nitrogen and oxygen atoms in total. The fourth-order valence-corrected chi connectivity index (χ4v) is 4.57. The predicted molar refractivity (Wildman–Crippen MR) is 96.2 cm³/mol. The number of sulfonamides is 1. The highest BCUT2D eigenvalue weighted by Crippen LogP contribution is 2.24. The number of nitrogens with zero attached hydrogens (tertiary/aromatic N) is 1. The van der Waals surface area contributed by atoms with E-state index in [0.29, 0.717) is 31.5 Å². The molecule has 1 aliphatic rings. The number of amides is 1. The summed E-state index contributed by atoms with van der Waals surface area (Å²) in [6.45, 7) is 0.893. The molecule has 1 amide bonds. The molecule has 7 heteroatoms. The number of piperidine rings is 1. The highest BCUT2D eigenvalue weighted by molar-refractivity contribution is 7.89. The molecule has 2 aromatic carbocycles. The molecule has 0 radical (unpaired) electrons. The summed E-state index contributed by atoms with van der Waals surface area (Å²) in [7, 11) is -3.51. The summed E-state index contributed by atoms with van der Waals surface area (Å²) in [5, 5.41) is 2.81. The van der Waals surface area contributed by atoms with Crippen molar-refractivity contribution in [2.45, 2.75) is 24.3 Å². The van der Waals surface area contributed by atoms with Gasteiger partial charge in [-0.1, -0.05) is 30.3 Å². The van der Waals surface area contributed by atoms with Gasteiger partial charge in [0.25, 0.3) is 0 Å². The van der Waals surface area contributed by atoms with Crippen molar-refractivity contribution in [3.63, 3.8) is 0 Å². The molecule has 0 aliphatic carbocycles. The van der Waals surface area contributed by atoms with Gasteiger partial charge in [-0.3, -0.25) is 4.79 Å². The lowest BCUT2D eigenvalue weighted by atomic mass is 9.97. The van der Waals surface area contributed by atoms with Gasteiger partial charge >= 0.3 is 0 Å².